The molecular formula is C36H40FN3O4S2. The summed E-state index contributed by atoms with van der Waals surface area (Å²) in [5, 5.41) is 0.885. The van der Waals surface area contributed by atoms with Crippen molar-refractivity contribution in [1.29, 1.82) is 0 Å². The van der Waals surface area contributed by atoms with Gasteiger partial charge in [0.15, 0.2) is 11.4 Å². The number of thiazole rings is 1. The highest BCUT2D eigenvalue weighted by Crippen LogP contribution is 2.35. The number of benzene rings is 3. The van der Waals surface area contributed by atoms with Crippen LogP contribution in [0.4, 0.5) is 10.1 Å². The number of hydrogen-bond donors (Lipinski definition) is 0. The van der Waals surface area contributed by atoms with Gasteiger partial charge in [0.1, 0.15) is 16.6 Å². The predicted molar refractivity (Wildman–Crippen MR) is 184 cm³/mol. The summed E-state index contributed by atoms with van der Waals surface area (Å²) >= 11 is 3.38. The van der Waals surface area contributed by atoms with Gasteiger partial charge in [0, 0.05) is 65.1 Å². The van der Waals surface area contributed by atoms with Crippen molar-refractivity contribution >= 4 is 40.5 Å². The average Bonchev–Trinajstić information content (AvgIpc) is 3.44. The molecule has 2 heterocycles. The molecule has 0 N–H and O–H groups in total. The van der Waals surface area contributed by atoms with E-state index in [0.29, 0.717) is 12.4 Å². The normalized spacial score (nSPS) is 13.9. The van der Waals surface area contributed by atoms with E-state index in [0.717, 1.165) is 76.5 Å². The molecule has 1 saturated heterocycles. The van der Waals surface area contributed by atoms with Crippen LogP contribution in [0.1, 0.15) is 54.2 Å². The van der Waals surface area contributed by atoms with Gasteiger partial charge in [-0.3, -0.25) is 9.69 Å². The zero-order chi connectivity index (χ0) is 32.8. The number of aryl methyl sites for hydroxylation is 1. The summed E-state index contributed by atoms with van der Waals surface area (Å²) < 4.78 is 24.9. The van der Waals surface area contributed by atoms with Crippen LogP contribution in [0.25, 0.3) is 10.6 Å². The number of carbonyl (C=O) groups is 2. The van der Waals surface area contributed by atoms with Gasteiger partial charge in [-0.2, -0.15) is 0 Å². The van der Waals surface area contributed by atoms with Gasteiger partial charge in [-0.1, -0.05) is 0 Å². The van der Waals surface area contributed by atoms with Crippen molar-refractivity contribution in [2.45, 2.75) is 57.4 Å². The van der Waals surface area contributed by atoms with E-state index in [4.69, 9.17) is 14.5 Å². The third-order valence-electron chi connectivity index (χ3n) is 7.90. The second-order valence-electron chi connectivity index (χ2n) is 11.8. The molecule has 1 aromatic heterocycles. The van der Waals surface area contributed by atoms with Crippen LogP contribution in [0, 0.1) is 12.7 Å². The van der Waals surface area contributed by atoms with Gasteiger partial charge in [0.05, 0.1) is 12.3 Å². The largest absolute Gasteiger partial charge is 0.476 e. The molecule has 1 fully saturated rings. The van der Waals surface area contributed by atoms with Crippen molar-refractivity contribution < 1.29 is 23.5 Å². The van der Waals surface area contributed by atoms with Crippen molar-refractivity contribution in [3.05, 3.63) is 94.2 Å². The van der Waals surface area contributed by atoms with Crippen molar-refractivity contribution in [3.63, 3.8) is 0 Å². The van der Waals surface area contributed by atoms with Gasteiger partial charge in [-0.05, 0) is 107 Å². The van der Waals surface area contributed by atoms with Crippen LogP contribution in [0.3, 0.4) is 0 Å². The summed E-state index contributed by atoms with van der Waals surface area (Å²) in [6.07, 6.45) is 0. The summed E-state index contributed by atoms with van der Waals surface area (Å²) in [7, 11) is 0. The Kier molecular flexibility index (Phi) is 10.8. The van der Waals surface area contributed by atoms with Crippen LogP contribution in [0.5, 0.6) is 5.75 Å². The second-order valence-corrected chi connectivity index (χ2v) is 13.9. The summed E-state index contributed by atoms with van der Waals surface area (Å²) in [4.78, 5) is 36.1. The molecule has 242 valence electrons. The summed E-state index contributed by atoms with van der Waals surface area (Å²) in [5.74, 6) is 0.800. The van der Waals surface area contributed by atoms with Crippen molar-refractivity contribution in [3.8, 4) is 16.3 Å². The molecule has 0 bridgehead atoms. The van der Waals surface area contributed by atoms with E-state index < -0.39 is 11.6 Å². The van der Waals surface area contributed by atoms with Gasteiger partial charge in [-0.15, -0.1) is 23.1 Å². The molecule has 1 aliphatic rings. The van der Waals surface area contributed by atoms with E-state index >= 15 is 0 Å². The first kappa shape index (κ1) is 33.6. The van der Waals surface area contributed by atoms with Crippen molar-refractivity contribution in [2.24, 2.45) is 0 Å². The molecule has 0 amide bonds. The maximum Gasteiger partial charge on any atom is 0.349 e. The van der Waals surface area contributed by atoms with Gasteiger partial charge in [0.2, 0.25) is 0 Å². The van der Waals surface area contributed by atoms with Crippen LogP contribution in [0.15, 0.2) is 71.6 Å². The molecule has 5 rings (SSSR count). The average molecular weight is 662 g/mol. The fourth-order valence-corrected chi connectivity index (χ4v) is 7.39. The molecule has 4 aromatic rings. The number of carbonyl (C=O) groups excluding carboxylic acids is 2. The molecule has 7 nitrogen and oxygen atoms in total. The number of ether oxygens (including phenoxy) is 2. The minimum absolute atomic E-state index is 0.0739. The maximum atomic E-state index is 13.7. The van der Waals surface area contributed by atoms with E-state index in [1.165, 1.54) is 17.0 Å². The Morgan fingerprint density at radius 2 is 1.70 bits per heavy atom. The zero-order valence-corrected chi connectivity index (χ0v) is 28.6. The SMILES string of the molecule is CCOC(=O)C(C)(C)Oc1ccc(SCc2sc(-c3ccc(F)cc3)nc2CN2CCN(c3ccc(C(C)=O)cc3)CC2)cc1C. The topological polar surface area (TPSA) is 72.0 Å². The van der Waals surface area contributed by atoms with Gasteiger partial charge < -0.3 is 14.4 Å². The van der Waals surface area contributed by atoms with Crippen molar-refractivity contribution in [1.82, 2.24) is 9.88 Å². The molecule has 1 aliphatic heterocycles. The third-order valence-corrected chi connectivity index (χ3v) is 10.3. The molecular weight excluding hydrogens is 622 g/mol. The van der Waals surface area contributed by atoms with Gasteiger partial charge >= 0.3 is 5.97 Å². The number of aromatic nitrogens is 1. The van der Waals surface area contributed by atoms with Crippen LogP contribution in [0.2, 0.25) is 0 Å². The smallest absolute Gasteiger partial charge is 0.349 e. The first-order valence-electron chi connectivity index (χ1n) is 15.4. The Bertz CT molecular complexity index is 1660. The lowest BCUT2D eigenvalue weighted by molar-refractivity contribution is -0.158. The molecule has 0 spiro atoms. The number of thioether (sulfide) groups is 1. The molecule has 0 radical (unpaired) electrons. The number of Topliss-reactive ketones (excluding diaryl/α,β-unsaturated/α-hetero) is 1. The highest BCUT2D eigenvalue weighted by molar-refractivity contribution is 7.98. The summed E-state index contributed by atoms with van der Waals surface area (Å²) in [6.45, 7) is 13.4. The van der Waals surface area contributed by atoms with Crippen LogP contribution >= 0.6 is 23.1 Å². The third kappa shape index (κ3) is 8.34. The number of anilines is 1. The van der Waals surface area contributed by atoms with Crippen LogP contribution in [-0.4, -0.2) is 60.0 Å². The lowest BCUT2D eigenvalue weighted by Crippen LogP contribution is -2.46. The first-order valence-corrected chi connectivity index (χ1v) is 17.2. The Morgan fingerprint density at radius 3 is 2.33 bits per heavy atom. The van der Waals surface area contributed by atoms with Gasteiger partial charge in [0.25, 0.3) is 0 Å². The number of nitrogens with zero attached hydrogens (tertiary/aromatic N) is 3. The molecule has 0 saturated carbocycles. The maximum absolute atomic E-state index is 13.7. The van der Waals surface area contributed by atoms with Crippen LogP contribution in [-0.2, 0) is 21.8 Å². The summed E-state index contributed by atoms with van der Waals surface area (Å²) in [5.41, 5.74) is 3.66. The number of ketones is 1. The highest BCUT2D eigenvalue weighted by Gasteiger charge is 2.32. The van der Waals surface area contributed by atoms with E-state index in [1.807, 2.05) is 43.3 Å². The fraction of sp³-hybridized carbons (Fsp3) is 0.361. The Balaban J connectivity index is 1.27. The van der Waals surface area contributed by atoms with E-state index in [1.54, 1.807) is 62.9 Å². The number of hydrogen-bond acceptors (Lipinski definition) is 9. The minimum Gasteiger partial charge on any atom is -0.476 e. The zero-order valence-electron chi connectivity index (χ0n) is 27.0. The summed E-state index contributed by atoms with van der Waals surface area (Å²) in [6, 6.07) is 20.4. The highest BCUT2D eigenvalue weighted by atomic mass is 32.2. The lowest BCUT2D eigenvalue weighted by Gasteiger charge is -2.36. The van der Waals surface area contributed by atoms with Crippen LogP contribution < -0.4 is 9.64 Å². The van der Waals surface area contributed by atoms with E-state index in [2.05, 4.69) is 15.9 Å². The standard InChI is InChI=1S/C36H40FN3O4S2/c1-6-43-35(42)36(4,5)44-32-16-15-30(21-24(32)2)45-23-33-31(38-34(46-33)27-7-11-28(37)12-8-27)22-39-17-19-40(20-18-39)29-13-9-26(10-14-29)25(3)41/h7-16,21H,6,17-20,22-23H2,1-5H3. The Labute approximate surface area is 278 Å². The Hall–Kier alpha value is -3.73. The van der Waals surface area contributed by atoms with E-state index in [-0.39, 0.29) is 11.6 Å². The number of halogens is 1. The van der Waals surface area contributed by atoms with Gasteiger partial charge in [-0.25, -0.2) is 14.2 Å². The molecule has 0 aliphatic carbocycles. The molecule has 3 aromatic carbocycles. The predicted octanol–water partition coefficient (Wildman–Crippen LogP) is 7.80. The number of rotatable bonds is 12. The minimum atomic E-state index is -1.09. The monoisotopic (exact) mass is 661 g/mol. The molecule has 10 heteroatoms. The molecule has 0 unspecified atom stereocenters. The molecule has 46 heavy (non-hydrogen) atoms. The second kappa shape index (κ2) is 14.8. The van der Waals surface area contributed by atoms with Crippen molar-refractivity contribution in [2.75, 3.05) is 37.7 Å². The fourth-order valence-electron chi connectivity index (χ4n) is 5.22. The lowest BCUT2D eigenvalue weighted by atomic mass is 10.1. The van der Waals surface area contributed by atoms with E-state index in [9.17, 15) is 14.0 Å². The first-order chi connectivity index (χ1) is 22.0. The quantitative estimate of drug-likeness (QED) is 0.0866. The number of esters is 1. The Morgan fingerprint density at radius 1 is 1.00 bits per heavy atom. The number of piperazine rings is 1. The molecule has 0 atom stereocenters.